The molecule has 140 valence electrons. The first-order valence-electron chi connectivity index (χ1n) is 9.22. The Kier molecular flexibility index (Phi) is 6.71. The number of nitrogens with two attached hydrogens (primary N) is 1. The fourth-order valence-corrected chi connectivity index (χ4v) is 3.55. The van der Waals surface area contributed by atoms with Crippen LogP contribution < -0.4 is 10.6 Å². The third kappa shape index (κ3) is 4.88. The maximum atomic E-state index is 11.1. The van der Waals surface area contributed by atoms with E-state index in [9.17, 15) is 4.79 Å². The summed E-state index contributed by atoms with van der Waals surface area (Å²) in [6.07, 6.45) is 1.32. The van der Waals surface area contributed by atoms with Crippen molar-refractivity contribution < 1.29 is 14.3 Å². The Morgan fingerprint density at radius 1 is 1.20 bits per heavy atom. The highest BCUT2D eigenvalue weighted by atomic mass is 16.5. The van der Waals surface area contributed by atoms with E-state index in [-0.39, 0.29) is 0 Å². The van der Waals surface area contributed by atoms with Crippen LogP contribution in [0, 0.1) is 11.8 Å². The Bertz CT molecular complexity index is 556. The van der Waals surface area contributed by atoms with Crippen molar-refractivity contribution in [3.05, 3.63) is 23.8 Å². The molecule has 1 heterocycles. The fraction of sp³-hybridized carbons (Fsp3) is 0.650. The lowest BCUT2D eigenvalue weighted by atomic mass is 9.85. The maximum Gasteiger partial charge on any atom is 0.293 e. The molecule has 5 nitrogen and oxygen atoms in total. The predicted molar refractivity (Wildman–Crippen MR) is 102 cm³/mol. The van der Waals surface area contributed by atoms with E-state index >= 15 is 0 Å². The zero-order valence-electron chi connectivity index (χ0n) is 16.0. The van der Waals surface area contributed by atoms with Gasteiger partial charge in [0.25, 0.3) is 6.47 Å². The lowest BCUT2D eigenvalue weighted by Gasteiger charge is -2.36. The molecular weight excluding hydrogens is 316 g/mol. The number of nitrogens with zero attached hydrogens (tertiary/aromatic N) is 1. The van der Waals surface area contributed by atoms with Gasteiger partial charge in [0.1, 0.15) is 5.60 Å². The van der Waals surface area contributed by atoms with Gasteiger partial charge in [-0.05, 0) is 29.5 Å². The molecule has 1 aliphatic heterocycles. The summed E-state index contributed by atoms with van der Waals surface area (Å²) < 4.78 is 10.9. The van der Waals surface area contributed by atoms with Crippen LogP contribution in [0.5, 0.6) is 0 Å². The molecule has 1 aliphatic rings. The molecule has 0 atom stereocenters. The molecule has 0 spiro atoms. The number of nitrogen functional groups attached to an aromatic ring is 1. The maximum absolute atomic E-state index is 11.1. The smallest absolute Gasteiger partial charge is 0.293 e. The molecule has 1 saturated heterocycles. The summed E-state index contributed by atoms with van der Waals surface area (Å²) in [7, 11) is 0. The number of rotatable bonds is 8. The van der Waals surface area contributed by atoms with Crippen molar-refractivity contribution in [3.63, 3.8) is 0 Å². The van der Waals surface area contributed by atoms with Gasteiger partial charge in [-0.15, -0.1) is 0 Å². The van der Waals surface area contributed by atoms with E-state index < -0.39 is 5.60 Å². The van der Waals surface area contributed by atoms with Crippen molar-refractivity contribution in [3.8, 4) is 0 Å². The summed E-state index contributed by atoms with van der Waals surface area (Å²) >= 11 is 0. The number of benzene rings is 1. The first kappa shape index (κ1) is 19.6. The lowest BCUT2D eigenvalue weighted by molar-refractivity contribution is -0.155. The summed E-state index contributed by atoms with van der Waals surface area (Å²) in [6, 6.07) is 6.09. The normalized spacial score (nSPS) is 16.9. The summed E-state index contributed by atoms with van der Waals surface area (Å²) in [4.78, 5) is 13.4. The van der Waals surface area contributed by atoms with Crippen LogP contribution in [-0.4, -0.2) is 32.8 Å². The van der Waals surface area contributed by atoms with Crippen molar-refractivity contribution >= 4 is 17.8 Å². The number of carbonyl (C=O) groups is 1. The third-order valence-corrected chi connectivity index (χ3v) is 4.64. The number of carbonyl (C=O) groups excluding carboxylic acids is 1. The SMILES string of the molecule is CC(C)CN(CC(C)C)c1ccc(C2(OC=O)CCOCC2)cc1N. The first-order chi connectivity index (χ1) is 11.9. The van der Waals surface area contributed by atoms with Crippen LogP contribution in [0.1, 0.15) is 46.1 Å². The number of anilines is 2. The average molecular weight is 348 g/mol. The van der Waals surface area contributed by atoms with Gasteiger partial charge >= 0.3 is 0 Å². The standard InChI is InChI=1S/C20H32N2O3/c1-15(2)12-22(13-16(3)4)19-6-5-17(11-18(19)21)20(25-14-23)7-9-24-10-8-20/h5-6,11,14-16H,7-10,12-13,21H2,1-4H3. The third-order valence-electron chi connectivity index (χ3n) is 4.64. The second kappa shape index (κ2) is 8.56. The van der Waals surface area contributed by atoms with E-state index in [2.05, 4.69) is 38.7 Å². The van der Waals surface area contributed by atoms with Crippen molar-refractivity contribution in [1.82, 2.24) is 0 Å². The zero-order chi connectivity index (χ0) is 18.4. The van der Waals surface area contributed by atoms with E-state index in [1.807, 2.05) is 12.1 Å². The Labute approximate surface area is 151 Å². The van der Waals surface area contributed by atoms with Crippen LogP contribution in [0.25, 0.3) is 0 Å². The molecule has 1 fully saturated rings. The minimum atomic E-state index is -0.617. The van der Waals surface area contributed by atoms with Gasteiger partial charge in [0.2, 0.25) is 0 Å². The van der Waals surface area contributed by atoms with Crippen LogP contribution in [0.2, 0.25) is 0 Å². The van der Waals surface area contributed by atoms with Gasteiger partial charge < -0.3 is 20.1 Å². The molecule has 0 aliphatic carbocycles. The molecule has 0 aromatic heterocycles. The highest BCUT2D eigenvalue weighted by molar-refractivity contribution is 5.69. The molecule has 0 bridgehead atoms. The topological polar surface area (TPSA) is 64.8 Å². The van der Waals surface area contributed by atoms with Gasteiger partial charge in [-0.2, -0.15) is 0 Å². The van der Waals surface area contributed by atoms with E-state index in [4.69, 9.17) is 15.2 Å². The zero-order valence-corrected chi connectivity index (χ0v) is 16.0. The summed E-state index contributed by atoms with van der Waals surface area (Å²) in [5, 5.41) is 0. The molecule has 0 amide bonds. The Morgan fingerprint density at radius 3 is 2.28 bits per heavy atom. The Morgan fingerprint density at radius 2 is 1.80 bits per heavy atom. The van der Waals surface area contributed by atoms with Crippen LogP contribution in [-0.2, 0) is 19.9 Å². The molecule has 2 N–H and O–H groups in total. The van der Waals surface area contributed by atoms with Gasteiger partial charge in [0.15, 0.2) is 0 Å². The van der Waals surface area contributed by atoms with E-state index in [0.717, 1.165) is 30.0 Å². The summed E-state index contributed by atoms with van der Waals surface area (Å²) in [6.45, 7) is 12.5. The molecule has 0 radical (unpaired) electrons. The van der Waals surface area contributed by atoms with Crippen LogP contribution in [0.4, 0.5) is 11.4 Å². The monoisotopic (exact) mass is 348 g/mol. The molecule has 25 heavy (non-hydrogen) atoms. The van der Waals surface area contributed by atoms with E-state index in [1.165, 1.54) is 0 Å². The van der Waals surface area contributed by atoms with Gasteiger partial charge in [-0.25, -0.2) is 0 Å². The second-order valence-corrected chi connectivity index (χ2v) is 7.79. The highest BCUT2D eigenvalue weighted by Crippen LogP contribution is 2.38. The van der Waals surface area contributed by atoms with Gasteiger partial charge in [-0.3, -0.25) is 4.79 Å². The van der Waals surface area contributed by atoms with Crippen LogP contribution in [0.15, 0.2) is 18.2 Å². The molecule has 5 heteroatoms. The summed E-state index contributed by atoms with van der Waals surface area (Å²) in [5.41, 5.74) is 8.55. The number of hydrogen-bond donors (Lipinski definition) is 1. The average Bonchev–Trinajstić information content (AvgIpc) is 2.54. The first-order valence-corrected chi connectivity index (χ1v) is 9.22. The van der Waals surface area contributed by atoms with Crippen LogP contribution >= 0.6 is 0 Å². The van der Waals surface area contributed by atoms with E-state index in [1.54, 1.807) is 0 Å². The van der Waals surface area contributed by atoms with Gasteiger partial charge in [0, 0.05) is 25.9 Å². The van der Waals surface area contributed by atoms with Gasteiger partial charge in [-0.1, -0.05) is 33.8 Å². The lowest BCUT2D eigenvalue weighted by Crippen LogP contribution is -2.36. The predicted octanol–water partition coefficient (Wildman–Crippen LogP) is 3.57. The minimum Gasteiger partial charge on any atom is -0.456 e. The van der Waals surface area contributed by atoms with Crippen molar-refractivity contribution in [1.29, 1.82) is 0 Å². The van der Waals surface area contributed by atoms with Crippen molar-refractivity contribution in [2.24, 2.45) is 11.8 Å². The van der Waals surface area contributed by atoms with Crippen LogP contribution in [0.3, 0.4) is 0 Å². The van der Waals surface area contributed by atoms with E-state index in [0.29, 0.717) is 44.4 Å². The molecule has 2 rings (SSSR count). The number of hydrogen-bond acceptors (Lipinski definition) is 5. The fourth-order valence-electron chi connectivity index (χ4n) is 3.55. The molecule has 0 saturated carbocycles. The van der Waals surface area contributed by atoms with Crippen molar-refractivity contribution in [2.45, 2.75) is 46.1 Å². The molecular formula is C20H32N2O3. The Hall–Kier alpha value is -1.75. The molecule has 1 aromatic rings. The summed E-state index contributed by atoms with van der Waals surface area (Å²) in [5.74, 6) is 1.11. The Balaban J connectivity index is 2.32. The van der Waals surface area contributed by atoms with Crippen molar-refractivity contribution in [2.75, 3.05) is 36.9 Å². The largest absolute Gasteiger partial charge is 0.456 e. The second-order valence-electron chi connectivity index (χ2n) is 7.79. The quantitative estimate of drug-likeness (QED) is 0.575. The highest BCUT2D eigenvalue weighted by Gasteiger charge is 2.37. The molecule has 0 unspecified atom stereocenters. The molecule has 1 aromatic carbocycles. The van der Waals surface area contributed by atoms with Gasteiger partial charge in [0.05, 0.1) is 24.6 Å². The number of ether oxygens (including phenoxy) is 2. The minimum absolute atomic E-state index is 0.541.